The van der Waals surface area contributed by atoms with Gasteiger partial charge in [0, 0.05) is 11.4 Å². The first kappa shape index (κ1) is 14.4. The van der Waals surface area contributed by atoms with Crippen LogP contribution in [0.4, 0.5) is 11.4 Å². The Labute approximate surface area is 121 Å². The highest BCUT2D eigenvalue weighted by Gasteiger charge is 2.03. The van der Waals surface area contributed by atoms with Gasteiger partial charge in [0.25, 0.3) is 0 Å². The topological polar surface area (TPSA) is 52.0 Å². The summed E-state index contributed by atoms with van der Waals surface area (Å²) >= 11 is 0. The molecule has 0 aliphatic carbocycles. The fourth-order valence-corrected chi connectivity index (χ4v) is 2.44. The van der Waals surface area contributed by atoms with Crippen LogP contribution in [0.1, 0.15) is 42.0 Å². The van der Waals surface area contributed by atoms with Gasteiger partial charge in [-0.05, 0) is 60.6 Å². The Morgan fingerprint density at radius 1 is 0.900 bits per heavy atom. The zero-order valence-electron chi connectivity index (χ0n) is 12.4. The number of rotatable bonds is 5. The van der Waals surface area contributed by atoms with Crippen LogP contribution < -0.4 is 11.5 Å². The average Bonchev–Trinajstić information content (AvgIpc) is 2.43. The van der Waals surface area contributed by atoms with Gasteiger partial charge in [-0.3, -0.25) is 0 Å². The van der Waals surface area contributed by atoms with Gasteiger partial charge in [0.2, 0.25) is 0 Å². The van der Waals surface area contributed by atoms with E-state index in [0.29, 0.717) is 0 Å². The van der Waals surface area contributed by atoms with Crippen molar-refractivity contribution in [2.45, 2.75) is 39.5 Å². The number of hydrogen-bond acceptors (Lipinski definition) is 2. The lowest BCUT2D eigenvalue weighted by Crippen LogP contribution is -1.98. The Hall–Kier alpha value is -1.96. The molecule has 20 heavy (non-hydrogen) atoms. The molecule has 0 fully saturated rings. The highest BCUT2D eigenvalue weighted by atomic mass is 14.6. The molecule has 2 nitrogen and oxygen atoms in total. The van der Waals surface area contributed by atoms with Crippen molar-refractivity contribution in [3.63, 3.8) is 0 Å². The van der Waals surface area contributed by atoms with Crippen LogP contribution in [0.5, 0.6) is 0 Å². The van der Waals surface area contributed by atoms with E-state index >= 15 is 0 Å². The van der Waals surface area contributed by atoms with Crippen LogP contribution in [0.2, 0.25) is 0 Å². The van der Waals surface area contributed by atoms with E-state index in [1.807, 2.05) is 12.1 Å². The summed E-state index contributed by atoms with van der Waals surface area (Å²) < 4.78 is 0. The minimum atomic E-state index is 0.856. The lowest BCUT2D eigenvalue weighted by Gasteiger charge is -2.10. The maximum Gasteiger partial charge on any atom is 0.0346 e. The Bertz CT molecular complexity index is 588. The van der Waals surface area contributed by atoms with Gasteiger partial charge < -0.3 is 11.5 Å². The molecule has 2 heteroatoms. The minimum Gasteiger partial charge on any atom is -0.399 e. The zero-order valence-corrected chi connectivity index (χ0v) is 12.4. The molecule has 0 aliphatic heterocycles. The maximum atomic E-state index is 6.05. The van der Waals surface area contributed by atoms with E-state index in [2.05, 4.69) is 38.1 Å². The highest BCUT2D eigenvalue weighted by Crippen LogP contribution is 2.20. The van der Waals surface area contributed by atoms with Gasteiger partial charge in [0.15, 0.2) is 0 Å². The van der Waals surface area contributed by atoms with Crippen LogP contribution >= 0.6 is 0 Å². The van der Waals surface area contributed by atoms with Gasteiger partial charge in [-0.2, -0.15) is 0 Å². The molecule has 0 amide bonds. The monoisotopic (exact) mass is 268 g/mol. The Balaban J connectivity index is 2.18. The first-order valence-corrected chi connectivity index (χ1v) is 7.32. The molecule has 0 saturated carbocycles. The number of unbranched alkanes of at least 4 members (excludes halogenated alkanes) is 1. The summed E-state index contributed by atoms with van der Waals surface area (Å²) in [7, 11) is 0. The third-order valence-electron chi connectivity index (χ3n) is 3.75. The molecule has 0 unspecified atom stereocenters. The van der Waals surface area contributed by atoms with Gasteiger partial charge in [0.05, 0.1) is 0 Å². The second kappa shape index (κ2) is 6.47. The van der Waals surface area contributed by atoms with Gasteiger partial charge in [-0.25, -0.2) is 0 Å². The predicted molar refractivity (Wildman–Crippen MR) is 87.9 cm³/mol. The van der Waals surface area contributed by atoms with Crippen LogP contribution in [0.15, 0.2) is 36.4 Å². The smallest absolute Gasteiger partial charge is 0.0346 e. The summed E-state index contributed by atoms with van der Waals surface area (Å²) in [6.45, 7) is 4.26. The molecule has 106 valence electrons. The second-order valence-corrected chi connectivity index (χ2v) is 5.50. The molecule has 4 N–H and O–H groups in total. The van der Waals surface area contributed by atoms with Gasteiger partial charge in [-0.15, -0.1) is 0 Å². The van der Waals surface area contributed by atoms with Gasteiger partial charge in [-0.1, -0.05) is 37.6 Å². The summed E-state index contributed by atoms with van der Waals surface area (Å²) in [6.07, 6.45) is 4.38. The molecule has 0 heterocycles. The van der Waals surface area contributed by atoms with Crippen molar-refractivity contribution in [2.75, 3.05) is 11.5 Å². The first-order chi connectivity index (χ1) is 9.60. The summed E-state index contributed by atoms with van der Waals surface area (Å²) in [5.74, 6) is 0. The first-order valence-electron chi connectivity index (χ1n) is 7.32. The van der Waals surface area contributed by atoms with Crippen LogP contribution in [0.3, 0.4) is 0 Å². The van der Waals surface area contributed by atoms with E-state index in [0.717, 1.165) is 29.8 Å². The van der Waals surface area contributed by atoms with Crippen molar-refractivity contribution in [3.8, 4) is 0 Å². The second-order valence-electron chi connectivity index (χ2n) is 5.50. The Morgan fingerprint density at radius 3 is 2.20 bits per heavy atom. The fourth-order valence-electron chi connectivity index (χ4n) is 2.44. The van der Waals surface area contributed by atoms with E-state index in [-0.39, 0.29) is 0 Å². The number of nitrogens with two attached hydrogens (primary N) is 2. The summed E-state index contributed by atoms with van der Waals surface area (Å²) in [5, 5.41) is 0. The molecule has 0 radical (unpaired) electrons. The maximum absolute atomic E-state index is 6.05. The van der Waals surface area contributed by atoms with E-state index in [1.54, 1.807) is 0 Å². The number of anilines is 2. The summed E-state index contributed by atoms with van der Waals surface area (Å²) in [5.41, 5.74) is 18.7. The molecule has 0 atom stereocenters. The molecule has 0 aromatic heterocycles. The molecule has 0 aliphatic rings. The third-order valence-corrected chi connectivity index (χ3v) is 3.75. The van der Waals surface area contributed by atoms with Crippen LogP contribution in [-0.2, 0) is 12.8 Å². The van der Waals surface area contributed by atoms with Crippen molar-refractivity contribution < 1.29 is 0 Å². The molecular weight excluding hydrogens is 244 g/mol. The number of aryl methyl sites for hydroxylation is 2. The quantitative estimate of drug-likeness (QED) is 0.802. The summed E-state index contributed by atoms with van der Waals surface area (Å²) in [6, 6.07) is 12.7. The van der Waals surface area contributed by atoms with Crippen molar-refractivity contribution in [2.24, 2.45) is 0 Å². The molecule has 0 bridgehead atoms. The lowest BCUT2D eigenvalue weighted by molar-refractivity contribution is 0.795. The van der Waals surface area contributed by atoms with E-state index < -0.39 is 0 Å². The molecule has 2 aromatic carbocycles. The molecule has 2 rings (SSSR count). The predicted octanol–water partition coefficient (Wildman–Crippen LogP) is 4.09. The van der Waals surface area contributed by atoms with E-state index in [9.17, 15) is 0 Å². The summed E-state index contributed by atoms with van der Waals surface area (Å²) in [4.78, 5) is 0. The fraction of sp³-hybridized carbons (Fsp3) is 0.333. The highest BCUT2D eigenvalue weighted by molar-refractivity contribution is 5.51. The Kier molecular flexibility index (Phi) is 4.67. The van der Waals surface area contributed by atoms with Crippen LogP contribution in [0, 0.1) is 6.92 Å². The number of hydrogen-bond donors (Lipinski definition) is 2. The SMILES string of the molecule is CCCCc1cc(Cc2ccc(N)c(C)c2)ccc1N. The largest absolute Gasteiger partial charge is 0.399 e. The van der Waals surface area contributed by atoms with Crippen LogP contribution in [-0.4, -0.2) is 0 Å². The third kappa shape index (κ3) is 3.53. The molecule has 0 saturated heterocycles. The standard InChI is InChI=1S/C18H24N2/c1-3-4-5-16-12-15(7-9-18(16)20)11-14-6-8-17(19)13(2)10-14/h6-10,12H,3-5,11,19-20H2,1-2H3. The Morgan fingerprint density at radius 2 is 1.55 bits per heavy atom. The number of nitrogen functional groups attached to an aromatic ring is 2. The average molecular weight is 268 g/mol. The normalized spacial score (nSPS) is 10.7. The van der Waals surface area contributed by atoms with Crippen molar-refractivity contribution in [3.05, 3.63) is 58.7 Å². The van der Waals surface area contributed by atoms with Gasteiger partial charge in [0.1, 0.15) is 0 Å². The van der Waals surface area contributed by atoms with Crippen molar-refractivity contribution >= 4 is 11.4 Å². The van der Waals surface area contributed by atoms with Crippen molar-refractivity contribution in [1.82, 2.24) is 0 Å². The lowest BCUT2D eigenvalue weighted by atomic mass is 9.98. The molecule has 2 aromatic rings. The van der Waals surface area contributed by atoms with Crippen molar-refractivity contribution in [1.29, 1.82) is 0 Å². The minimum absolute atomic E-state index is 0.856. The van der Waals surface area contributed by atoms with E-state index in [1.165, 1.54) is 29.5 Å². The molecule has 0 spiro atoms. The van der Waals surface area contributed by atoms with E-state index in [4.69, 9.17) is 11.5 Å². The van der Waals surface area contributed by atoms with Crippen LogP contribution in [0.25, 0.3) is 0 Å². The zero-order chi connectivity index (χ0) is 14.5. The van der Waals surface area contributed by atoms with Gasteiger partial charge >= 0.3 is 0 Å². The number of benzene rings is 2. The molecular formula is C18H24N2.